The monoisotopic (exact) mass is 402 g/mol. The van der Waals surface area contributed by atoms with E-state index in [4.69, 9.17) is 9.47 Å². The van der Waals surface area contributed by atoms with Crippen LogP contribution in [0.2, 0.25) is 0 Å². The van der Waals surface area contributed by atoms with Gasteiger partial charge in [-0.15, -0.1) is 11.3 Å². The molecule has 1 unspecified atom stereocenters. The largest absolute Gasteiger partial charge is 0.497 e. The summed E-state index contributed by atoms with van der Waals surface area (Å²) in [6.07, 6.45) is -4.44. The molecule has 6 nitrogen and oxygen atoms in total. The van der Waals surface area contributed by atoms with Gasteiger partial charge in [0, 0.05) is 18.0 Å². The summed E-state index contributed by atoms with van der Waals surface area (Å²) in [5.41, 5.74) is -0.0323. The maximum atomic E-state index is 12.6. The Labute approximate surface area is 159 Å². The van der Waals surface area contributed by atoms with Gasteiger partial charge in [-0.2, -0.15) is 13.2 Å². The lowest BCUT2D eigenvalue weighted by Gasteiger charge is -2.20. The van der Waals surface area contributed by atoms with Gasteiger partial charge < -0.3 is 20.1 Å². The molecule has 2 aromatic rings. The van der Waals surface area contributed by atoms with Crippen molar-refractivity contribution in [3.05, 3.63) is 39.8 Å². The minimum absolute atomic E-state index is 0.127. The first-order valence-corrected chi connectivity index (χ1v) is 8.87. The third-order valence-electron chi connectivity index (χ3n) is 3.73. The minimum Gasteiger partial charge on any atom is -0.497 e. The number of aromatic nitrogens is 1. The maximum absolute atomic E-state index is 12.6. The summed E-state index contributed by atoms with van der Waals surface area (Å²) in [6.45, 7) is 2.04. The summed E-state index contributed by atoms with van der Waals surface area (Å²) in [7, 11) is 4.73. The molecule has 10 heteroatoms. The van der Waals surface area contributed by atoms with Crippen molar-refractivity contribution in [3.8, 4) is 11.5 Å². The molecule has 0 aliphatic heterocycles. The van der Waals surface area contributed by atoms with Crippen molar-refractivity contribution in [3.63, 3.8) is 0 Å². The van der Waals surface area contributed by atoms with Crippen molar-refractivity contribution in [2.75, 3.05) is 21.3 Å². The van der Waals surface area contributed by atoms with Crippen LogP contribution in [0.4, 0.5) is 13.2 Å². The first-order chi connectivity index (χ1) is 12.8. The predicted octanol–water partition coefficient (Wildman–Crippen LogP) is 3.61. The summed E-state index contributed by atoms with van der Waals surface area (Å²) in [5, 5.41) is 7.45. The number of aliphatic imine (C=N–C) groups is 1. The standard InChI is InChI=1S/C17H21F3N4O2S/c1-10(12-7-11(25-3)5-6-13(12)26-4)23-16(21-2)22-8-15-24-14(9-27-15)17(18,19)20/h5-7,9-10H,8H2,1-4H3,(H2,21,22,23). The number of ether oxygens (including phenoxy) is 2. The highest BCUT2D eigenvalue weighted by Crippen LogP contribution is 2.30. The van der Waals surface area contributed by atoms with Crippen molar-refractivity contribution in [2.24, 2.45) is 4.99 Å². The fraction of sp³-hybridized carbons (Fsp3) is 0.412. The molecule has 0 saturated heterocycles. The number of nitrogens with one attached hydrogen (secondary N) is 2. The van der Waals surface area contributed by atoms with Crippen molar-refractivity contribution in [1.29, 1.82) is 0 Å². The van der Waals surface area contributed by atoms with Gasteiger partial charge in [-0.3, -0.25) is 4.99 Å². The Hall–Kier alpha value is -2.49. The molecule has 0 bridgehead atoms. The number of benzene rings is 1. The Morgan fingerprint density at radius 3 is 2.59 bits per heavy atom. The van der Waals surface area contributed by atoms with Crippen LogP contribution in [0, 0.1) is 0 Å². The molecule has 27 heavy (non-hydrogen) atoms. The topological polar surface area (TPSA) is 67.8 Å². The van der Waals surface area contributed by atoms with Crippen molar-refractivity contribution in [1.82, 2.24) is 15.6 Å². The van der Waals surface area contributed by atoms with Gasteiger partial charge >= 0.3 is 6.18 Å². The molecule has 0 amide bonds. The molecule has 148 valence electrons. The molecule has 2 N–H and O–H groups in total. The van der Waals surface area contributed by atoms with E-state index >= 15 is 0 Å². The molecule has 1 atom stereocenters. The van der Waals surface area contributed by atoms with Gasteiger partial charge in [0.15, 0.2) is 11.7 Å². The molecule has 0 saturated carbocycles. The average molecular weight is 402 g/mol. The maximum Gasteiger partial charge on any atom is 0.434 e. The summed E-state index contributed by atoms with van der Waals surface area (Å²) in [6, 6.07) is 5.25. The number of rotatable bonds is 6. The molecule has 0 fully saturated rings. The Morgan fingerprint density at radius 2 is 2.04 bits per heavy atom. The molecule has 0 aliphatic carbocycles. The third kappa shape index (κ3) is 5.49. The number of guanidine groups is 1. The Bertz CT molecular complexity index is 793. The van der Waals surface area contributed by atoms with E-state index in [9.17, 15) is 13.2 Å². The van der Waals surface area contributed by atoms with Crippen molar-refractivity contribution in [2.45, 2.75) is 25.7 Å². The van der Waals surface area contributed by atoms with Crippen LogP contribution in [0.3, 0.4) is 0 Å². The van der Waals surface area contributed by atoms with E-state index in [2.05, 4.69) is 20.6 Å². The second-order valence-electron chi connectivity index (χ2n) is 5.52. The number of nitrogens with zero attached hydrogens (tertiary/aromatic N) is 2. The van der Waals surface area contributed by atoms with Crippen LogP contribution in [0.25, 0.3) is 0 Å². The summed E-state index contributed by atoms with van der Waals surface area (Å²) in [5.74, 6) is 1.79. The zero-order chi connectivity index (χ0) is 20.0. The first kappa shape index (κ1) is 20.8. The molecular formula is C17H21F3N4O2S. The molecule has 1 aromatic heterocycles. The van der Waals surface area contributed by atoms with Crippen LogP contribution >= 0.6 is 11.3 Å². The van der Waals surface area contributed by atoms with Gasteiger partial charge in [0.2, 0.25) is 0 Å². The van der Waals surface area contributed by atoms with Gasteiger partial charge in [0.25, 0.3) is 0 Å². The SMILES string of the molecule is CN=C(NCc1nc(C(F)(F)F)cs1)NC(C)c1cc(OC)ccc1OC. The van der Waals surface area contributed by atoms with Gasteiger partial charge in [0.1, 0.15) is 16.5 Å². The number of methoxy groups -OCH3 is 2. The van der Waals surface area contributed by atoms with E-state index in [0.717, 1.165) is 22.3 Å². The van der Waals surface area contributed by atoms with E-state index in [1.807, 2.05) is 13.0 Å². The van der Waals surface area contributed by atoms with E-state index < -0.39 is 11.9 Å². The van der Waals surface area contributed by atoms with Crippen LogP contribution in [0.15, 0.2) is 28.6 Å². The lowest BCUT2D eigenvalue weighted by molar-refractivity contribution is -0.140. The molecule has 1 aromatic carbocycles. The summed E-state index contributed by atoms with van der Waals surface area (Å²) < 4.78 is 48.5. The summed E-state index contributed by atoms with van der Waals surface area (Å²) in [4.78, 5) is 7.69. The highest BCUT2D eigenvalue weighted by atomic mass is 32.1. The van der Waals surface area contributed by atoms with Gasteiger partial charge in [-0.25, -0.2) is 4.98 Å². The quantitative estimate of drug-likeness (QED) is 0.571. The van der Waals surface area contributed by atoms with Crippen LogP contribution in [-0.2, 0) is 12.7 Å². The fourth-order valence-corrected chi connectivity index (χ4v) is 3.08. The highest BCUT2D eigenvalue weighted by molar-refractivity contribution is 7.09. The second-order valence-corrected chi connectivity index (χ2v) is 6.47. The van der Waals surface area contributed by atoms with Gasteiger partial charge in [-0.1, -0.05) is 0 Å². The lowest BCUT2D eigenvalue weighted by Crippen LogP contribution is -2.38. The zero-order valence-corrected chi connectivity index (χ0v) is 16.2. The van der Waals surface area contributed by atoms with Crippen LogP contribution < -0.4 is 20.1 Å². The molecule has 0 aliphatic rings. The normalized spacial score (nSPS) is 13.2. The first-order valence-electron chi connectivity index (χ1n) is 7.99. The number of alkyl halides is 3. The van der Waals surface area contributed by atoms with E-state index in [1.165, 1.54) is 0 Å². The van der Waals surface area contributed by atoms with E-state index in [1.54, 1.807) is 33.4 Å². The van der Waals surface area contributed by atoms with Crippen molar-refractivity contribution < 1.29 is 22.6 Å². The minimum atomic E-state index is -4.44. The third-order valence-corrected chi connectivity index (χ3v) is 4.58. The highest BCUT2D eigenvalue weighted by Gasteiger charge is 2.33. The van der Waals surface area contributed by atoms with E-state index in [-0.39, 0.29) is 12.6 Å². The van der Waals surface area contributed by atoms with Gasteiger partial charge in [-0.05, 0) is 25.1 Å². The molecule has 1 heterocycles. The van der Waals surface area contributed by atoms with Crippen LogP contribution in [-0.4, -0.2) is 32.2 Å². The average Bonchev–Trinajstić information content (AvgIpc) is 3.13. The molecule has 2 rings (SSSR count). The van der Waals surface area contributed by atoms with E-state index in [0.29, 0.717) is 22.5 Å². The van der Waals surface area contributed by atoms with Crippen molar-refractivity contribution >= 4 is 17.3 Å². The summed E-state index contributed by atoms with van der Waals surface area (Å²) >= 11 is 0.942. The fourth-order valence-electron chi connectivity index (χ4n) is 2.34. The predicted molar refractivity (Wildman–Crippen MR) is 98.4 cm³/mol. The zero-order valence-electron chi connectivity index (χ0n) is 15.3. The lowest BCUT2D eigenvalue weighted by atomic mass is 10.1. The van der Waals surface area contributed by atoms with Gasteiger partial charge in [0.05, 0.1) is 26.8 Å². The Balaban J connectivity index is 2.03. The van der Waals surface area contributed by atoms with Crippen LogP contribution in [0.1, 0.15) is 29.2 Å². The number of hydrogen-bond acceptors (Lipinski definition) is 5. The number of thiazole rings is 1. The Morgan fingerprint density at radius 1 is 1.30 bits per heavy atom. The van der Waals surface area contributed by atoms with Crippen LogP contribution in [0.5, 0.6) is 11.5 Å². The second kappa shape index (κ2) is 8.94. The number of hydrogen-bond donors (Lipinski definition) is 2. The molecule has 0 radical (unpaired) electrons. The smallest absolute Gasteiger partial charge is 0.434 e. The Kier molecular flexibility index (Phi) is 6.89. The molecular weight excluding hydrogens is 381 g/mol. The molecule has 0 spiro atoms. The number of halogens is 3.